The van der Waals surface area contributed by atoms with Gasteiger partial charge in [-0.05, 0) is 30.3 Å². The third kappa shape index (κ3) is 3.64. The van der Waals surface area contributed by atoms with E-state index >= 15 is 0 Å². The Labute approximate surface area is 126 Å². The van der Waals surface area contributed by atoms with E-state index in [9.17, 15) is 9.18 Å². The van der Waals surface area contributed by atoms with E-state index in [4.69, 9.17) is 26.8 Å². The minimum atomic E-state index is -0.603. The van der Waals surface area contributed by atoms with Crippen LogP contribution in [0.3, 0.4) is 0 Å². The number of carbonyl (C=O) groups excluding carboxylic acids is 1. The van der Waals surface area contributed by atoms with Crippen LogP contribution in [0.1, 0.15) is 15.9 Å². The van der Waals surface area contributed by atoms with Crippen LogP contribution in [-0.4, -0.2) is 13.1 Å². The van der Waals surface area contributed by atoms with E-state index in [0.29, 0.717) is 10.8 Å². The van der Waals surface area contributed by atoms with Crippen molar-refractivity contribution in [2.45, 2.75) is 6.61 Å². The summed E-state index contributed by atoms with van der Waals surface area (Å²) in [5.74, 6) is -0.709. The molecule has 0 fully saturated rings. The molecular formula is C15H13ClFNO3. The predicted octanol–water partition coefficient (Wildman–Crippen LogP) is 3.43. The average Bonchev–Trinajstić information content (AvgIpc) is 2.48. The van der Waals surface area contributed by atoms with Crippen LogP contribution < -0.4 is 10.5 Å². The number of esters is 1. The van der Waals surface area contributed by atoms with Crippen LogP contribution in [0.4, 0.5) is 10.1 Å². The maximum atomic E-state index is 13.7. The molecule has 0 atom stereocenters. The highest BCUT2D eigenvalue weighted by atomic mass is 35.5. The minimum absolute atomic E-state index is 0.183. The highest BCUT2D eigenvalue weighted by Crippen LogP contribution is 2.21. The average molecular weight is 310 g/mol. The third-order valence-electron chi connectivity index (χ3n) is 2.85. The summed E-state index contributed by atoms with van der Waals surface area (Å²) in [5, 5.41) is 0.354. The first kappa shape index (κ1) is 15.1. The molecule has 0 heterocycles. The Hall–Kier alpha value is -2.27. The van der Waals surface area contributed by atoms with Crippen molar-refractivity contribution in [1.82, 2.24) is 0 Å². The van der Waals surface area contributed by atoms with Crippen molar-refractivity contribution in [3.63, 3.8) is 0 Å². The first-order chi connectivity index (χ1) is 10.0. The van der Waals surface area contributed by atoms with Crippen molar-refractivity contribution in [2.24, 2.45) is 0 Å². The molecule has 0 aliphatic rings. The van der Waals surface area contributed by atoms with E-state index in [2.05, 4.69) is 0 Å². The molecule has 21 heavy (non-hydrogen) atoms. The van der Waals surface area contributed by atoms with E-state index in [1.165, 1.54) is 37.4 Å². The molecule has 0 saturated carbocycles. The third-order valence-corrected chi connectivity index (χ3v) is 3.19. The van der Waals surface area contributed by atoms with Gasteiger partial charge in [-0.3, -0.25) is 0 Å². The molecule has 2 aromatic carbocycles. The van der Waals surface area contributed by atoms with Crippen LogP contribution in [-0.2, 0) is 11.3 Å². The second-order valence-electron chi connectivity index (χ2n) is 4.27. The highest BCUT2D eigenvalue weighted by molar-refractivity contribution is 6.33. The van der Waals surface area contributed by atoms with Crippen molar-refractivity contribution < 1.29 is 18.7 Å². The number of hydrogen-bond acceptors (Lipinski definition) is 4. The summed E-state index contributed by atoms with van der Waals surface area (Å²) in [6.07, 6.45) is 0. The smallest absolute Gasteiger partial charge is 0.338 e. The first-order valence-electron chi connectivity index (χ1n) is 6.06. The molecule has 2 N–H and O–H groups in total. The van der Waals surface area contributed by atoms with Gasteiger partial charge in [-0.2, -0.15) is 0 Å². The summed E-state index contributed by atoms with van der Waals surface area (Å²) in [6.45, 7) is -0.183. The van der Waals surface area contributed by atoms with Gasteiger partial charge < -0.3 is 15.2 Å². The molecule has 0 aromatic heterocycles. The molecule has 110 valence electrons. The first-order valence-corrected chi connectivity index (χ1v) is 6.43. The fourth-order valence-corrected chi connectivity index (χ4v) is 1.79. The number of rotatable bonds is 4. The molecule has 0 spiro atoms. The van der Waals surface area contributed by atoms with E-state index in [1.54, 1.807) is 6.07 Å². The van der Waals surface area contributed by atoms with Crippen LogP contribution in [0.5, 0.6) is 5.75 Å². The summed E-state index contributed by atoms with van der Waals surface area (Å²) in [4.78, 5) is 11.8. The van der Waals surface area contributed by atoms with E-state index in [1.807, 2.05) is 0 Å². The molecule has 6 heteroatoms. The SMILES string of the molecule is COc1ccc(COC(=O)c2ccc(Cl)c(N)c2)c(F)c1. The fraction of sp³-hybridized carbons (Fsp3) is 0.133. The molecule has 0 radical (unpaired) electrons. The molecule has 0 bridgehead atoms. The van der Waals surface area contributed by atoms with Crippen LogP contribution >= 0.6 is 11.6 Å². The molecular weight excluding hydrogens is 297 g/mol. The van der Waals surface area contributed by atoms with Crippen molar-refractivity contribution in [2.75, 3.05) is 12.8 Å². The lowest BCUT2D eigenvalue weighted by atomic mass is 10.2. The zero-order chi connectivity index (χ0) is 15.4. The van der Waals surface area contributed by atoms with Crippen molar-refractivity contribution in [3.8, 4) is 5.75 Å². The number of hydrogen-bond donors (Lipinski definition) is 1. The maximum absolute atomic E-state index is 13.7. The van der Waals surface area contributed by atoms with Crippen molar-refractivity contribution in [3.05, 3.63) is 58.4 Å². The molecule has 0 saturated heterocycles. The Morgan fingerprint density at radius 2 is 2.05 bits per heavy atom. The lowest BCUT2D eigenvalue weighted by Crippen LogP contribution is -2.07. The topological polar surface area (TPSA) is 61.5 Å². The van der Waals surface area contributed by atoms with Crippen molar-refractivity contribution >= 4 is 23.3 Å². The second kappa shape index (κ2) is 6.45. The summed E-state index contributed by atoms with van der Waals surface area (Å²) in [6, 6.07) is 8.72. The van der Waals surface area contributed by atoms with Gasteiger partial charge in [0.25, 0.3) is 0 Å². The largest absolute Gasteiger partial charge is 0.497 e. The summed E-state index contributed by atoms with van der Waals surface area (Å²) in [7, 11) is 1.44. The Morgan fingerprint density at radius 1 is 1.29 bits per heavy atom. The lowest BCUT2D eigenvalue weighted by Gasteiger charge is -2.08. The van der Waals surface area contributed by atoms with Gasteiger partial charge in [0.2, 0.25) is 0 Å². The number of benzene rings is 2. The Kier molecular flexibility index (Phi) is 4.65. The molecule has 0 amide bonds. The van der Waals surface area contributed by atoms with E-state index < -0.39 is 11.8 Å². The lowest BCUT2D eigenvalue weighted by molar-refractivity contribution is 0.0469. The number of ether oxygens (including phenoxy) is 2. The van der Waals surface area contributed by atoms with Gasteiger partial charge in [0.05, 0.1) is 23.4 Å². The number of nitrogen functional groups attached to an aromatic ring is 1. The summed E-state index contributed by atoms with van der Waals surface area (Å²) >= 11 is 5.77. The van der Waals surface area contributed by atoms with Gasteiger partial charge in [-0.15, -0.1) is 0 Å². The zero-order valence-corrected chi connectivity index (χ0v) is 12.0. The van der Waals surface area contributed by atoms with Crippen molar-refractivity contribution in [1.29, 1.82) is 0 Å². The van der Waals surface area contributed by atoms with Crippen LogP contribution in [0.15, 0.2) is 36.4 Å². The minimum Gasteiger partial charge on any atom is -0.497 e. The molecule has 0 aliphatic heterocycles. The molecule has 4 nitrogen and oxygen atoms in total. The number of carbonyl (C=O) groups is 1. The van der Waals surface area contributed by atoms with Gasteiger partial charge in [-0.25, -0.2) is 9.18 Å². The van der Waals surface area contributed by atoms with Gasteiger partial charge in [0.15, 0.2) is 0 Å². The Bertz CT molecular complexity index is 676. The van der Waals surface area contributed by atoms with Gasteiger partial charge in [0.1, 0.15) is 18.2 Å². The number of anilines is 1. The van der Waals surface area contributed by atoms with Gasteiger partial charge in [0, 0.05) is 11.6 Å². The monoisotopic (exact) mass is 309 g/mol. The predicted molar refractivity (Wildman–Crippen MR) is 77.9 cm³/mol. The summed E-state index contributed by atoms with van der Waals surface area (Å²) < 4.78 is 23.6. The molecule has 0 aliphatic carbocycles. The highest BCUT2D eigenvalue weighted by Gasteiger charge is 2.11. The zero-order valence-electron chi connectivity index (χ0n) is 11.2. The number of methoxy groups -OCH3 is 1. The van der Waals surface area contributed by atoms with E-state index in [-0.39, 0.29) is 23.4 Å². The number of halogens is 2. The van der Waals surface area contributed by atoms with Crippen LogP contribution in [0, 0.1) is 5.82 Å². The molecule has 2 rings (SSSR count). The van der Waals surface area contributed by atoms with Gasteiger partial charge >= 0.3 is 5.97 Å². The summed E-state index contributed by atoms with van der Waals surface area (Å²) in [5.41, 5.74) is 6.40. The van der Waals surface area contributed by atoms with Crippen LogP contribution in [0.25, 0.3) is 0 Å². The Morgan fingerprint density at radius 3 is 2.67 bits per heavy atom. The Balaban J connectivity index is 2.05. The second-order valence-corrected chi connectivity index (χ2v) is 4.68. The maximum Gasteiger partial charge on any atom is 0.338 e. The standard InChI is InChI=1S/C15H13ClFNO3/c1-20-11-4-2-10(13(17)7-11)8-21-15(19)9-3-5-12(16)14(18)6-9/h2-7H,8,18H2,1H3. The van der Waals surface area contributed by atoms with E-state index in [0.717, 1.165) is 0 Å². The molecule has 2 aromatic rings. The number of nitrogens with two attached hydrogens (primary N) is 1. The van der Waals surface area contributed by atoms with Crippen LogP contribution in [0.2, 0.25) is 5.02 Å². The fourth-order valence-electron chi connectivity index (χ4n) is 1.67. The normalized spacial score (nSPS) is 10.2. The van der Waals surface area contributed by atoms with Gasteiger partial charge in [-0.1, -0.05) is 11.6 Å². The quantitative estimate of drug-likeness (QED) is 0.694. The molecule has 0 unspecified atom stereocenters.